The molecule has 0 unspecified atom stereocenters. The van der Waals surface area contributed by atoms with Crippen molar-refractivity contribution in [3.8, 4) is 0 Å². The maximum atomic E-state index is 5.19. The number of rotatable bonds is 1. The van der Waals surface area contributed by atoms with Crippen molar-refractivity contribution in [2.45, 2.75) is 0 Å². The lowest BCUT2D eigenvalue weighted by Crippen LogP contribution is -1.77. The summed E-state index contributed by atoms with van der Waals surface area (Å²) in [5.41, 5.74) is 0. The van der Waals surface area contributed by atoms with E-state index in [9.17, 15) is 0 Å². The van der Waals surface area contributed by atoms with Crippen LogP contribution in [0.3, 0.4) is 0 Å². The predicted molar refractivity (Wildman–Crippen MR) is 44.1 cm³/mol. The van der Waals surface area contributed by atoms with Crippen LogP contribution in [0.5, 0.6) is 0 Å². The molecule has 0 aliphatic carbocycles. The molecule has 0 aromatic carbocycles. The fourth-order valence-electron chi connectivity index (χ4n) is 0.407. The van der Waals surface area contributed by atoms with Gasteiger partial charge >= 0.3 is 0 Å². The van der Waals surface area contributed by atoms with Crippen LogP contribution in [0.1, 0.15) is 0 Å². The molecule has 0 spiro atoms. The molecule has 5 heteroatoms. The van der Waals surface area contributed by atoms with E-state index in [1.807, 2.05) is 0 Å². The lowest BCUT2D eigenvalue weighted by atomic mass is 10.8. The summed E-state index contributed by atoms with van der Waals surface area (Å²) in [6.07, 6.45) is 0. The fraction of sp³-hybridized carbons (Fsp3) is 0.667. The fourth-order valence-corrected chi connectivity index (χ4v) is 2.81. The Labute approximate surface area is 60.6 Å². The van der Waals surface area contributed by atoms with Gasteiger partial charge in [0, 0.05) is 5.75 Å². The zero-order valence-electron chi connectivity index (χ0n) is 4.16. The van der Waals surface area contributed by atoms with Gasteiger partial charge in [-0.3, -0.25) is 10.1 Å². The third-order valence-corrected chi connectivity index (χ3v) is 3.49. The third-order valence-electron chi connectivity index (χ3n) is 0.677. The summed E-state index contributed by atoms with van der Waals surface area (Å²) in [4.78, 5) is 4.17. The van der Waals surface area contributed by atoms with Crippen LogP contribution >= 0.6 is 33.5 Å². The molecule has 0 bridgehead atoms. The first kappa shape index (κ1) is 6.80. The average Bonchev–Trinajstić information content (AvgIpc) is 2.19. The Hall–Kier alpha value is 0.680. The first-order valence-corrected chi connectivity index (χ1v) is 5.34. The molecule has 46 valence electrons. The molecule has 0 saturated heterocycles. The van der Waals surface area contributed by atoms with Crippen LogP contribution in [-0.4, -0.2) is 16.7 Å². The summed E-state index contributed by atoms with van der Waals surface area (Å²) >= 11 is 1.78. The number of aliphatic imine (C=N–C) groups is 1. The van der Waals surface area contributed by atoms with Crippen molar-refractivity contribution in [2.75, 3.05) is 12.3 Å². The first-order chi connectivity index (χ1) is 3.93. The van der Waals surface area contributed by atoms with E-state index in [-0.39, 0.29) is 0 Å². The van der Waals surface area contributed by atoms with Gasteiger partial charge in [0.2, 0.25) is 0 Å². The van der Waals surface area contributed by atoms with Crippen molar-refractivity contribution in [3.05, 3.63) is 0 Å². The Morgan fingerprint density at radius 3 is 3.12 bits per heavy atom. The number of hydrogen-bond donors (Lipinski definition) is 1. The molecule has 2 nitrogen and oxygen atoms in total. The molecular weight excluding hydrogens is 160 g/mol. The standard InChI is InChI=1S/C3H6N2S3/c4-8-7-3-5-1-2-6-3/h1-2,4H2. The van der Waals surface area contributed by atoms with Crippen LogP contribution in [0.2, 0.25) is 0 Å². The van der Waals surface area contributed by atoms with Crippen LogP contribution < -0.4 is 5.14 Å². The predicted octanol–water partition coefficient (Wildman–Crippen LogP) is 1.34. The smallest absolute Gasteiger partial charge is 0.136 e. The minimum absolute atomic E-state index is 0.966. The van der Waals surface area contributed by atoms with Gasteiger partial charge in [-0.1, -0.05) is 11.8 Å². The molecular formula is C3H6N2S3. The second-order valence-electron chi connectivity index (χ2n) is 1.18. The highest BCUT2D eigenvalue weighted by Gasteiger charge is 2.05. The van der Waals surface area contributed by atoms with Crippen molar-refractivity contribution in [1.29, 1.82) is 0 Å². The topological polar surface area (TPSA) is 38.4 Å². The van der Waals surface area contributed by atoms with Gasteiger partial charge in [-0.05, 0) is 21.8 Å². The van der Waals surface area contributed by atoms with E-state index in [2.05, 4.69) is 4.99 Å². The normalized spacial score (nSPS) is 18.9. The number of nitrogens with two attached hydrogens (primary N) is 1. The Morgan fingerprint density at radius 1 is 1.75 bits per heavy atom. The lowest BCUT2D eigenvalue weighted by molar-refractivity contribution is 1.18. The van der Waals surface area contributed by atoms with Gasteiger partial charge in [-0.25, -0.2) is 0 Å². The quantitative estimate of drug-likeness (QED) is 0.471. The molecule has 1 rings (SSSR count). The largest absolute Gasteiger partial charge is 0.270 e. The molecule has 0 radical (unpaired) electrons. The highest BCUT2D eigenvalue weighted by Crippen LogP contribution is 2.27. The molecule has 2 N–H and O–H groups in total. The molecule has 1 aliphatic heterocycles. The summed E-state index contributed by atoms with van der Waals surface area (Å²) in [6, 6.07) is 0. The van der Waals surface area contributed by atoms with Gasteiger partial charge in [-0.15, -0.1) is 0 Å². The van der Waals surface area contributed by atoms with E-state index >= 15 is 0 Å². The van der Waals surface area contributed by atoms with E-state index in [1.54, 1.807) is 22.6 Å². The minimum atomic E-state index is 0.966. The summed E-state index contributed by atoms with van der Waals surface area (Å²) in [6.45, 7) is 0.966. The van der Waals surface area contributed by atoms with Gasteiger partial charge in [0.25, 0.3) is 0 Å². The summed E-state index contributed by atoms with van der Waals surface area (Å²) < 4.78 is 1.12. The zero-order valence-corrected chi connectivity index (χ0v) is 6.61. The number of thioether (sulfide) groups is 1. The Kier molecular flexibility index (Phi) is 3.11. The van der Waals surface area contributed by atoms with Gasteiger partial charge in [0.05, 0.1) is 6.54 Å². The average molecular weight is 166 g/mol. The van der Waals surface area contributed by atoms with Crippen molar-refractivity contribution in [3.63, 3.8) is 0 Å². The van der Waals surface area contributed by atoms with E-state index < -0.39 is 0 Å². The second kappa shape index (κ2) is 3.66. The van der Waals surface area contributed by atoms with Crippen LogP contribution in [0.4, 0.5) is 0 Å². The Morgan fingerprint density at radius 2 is 2.62 bits per heavy atom. The summed E-state index contributed by atoms with van der Waals surface area (Å²) in [7, 11) is 2.81. The van der Waals surface area contributed by atoms with E-state index in [0.29, 0.717) is 0 Å². The number of nitrogens with zero attached hydrogens (tertiary/aromatic N) is 1. The van der Waals surface area contributed by atoms with Crippen LogP contribution in [0.15, 0.2) is 4.99 Å². The molecule has 0 atom stereocenters. The zero-order chi connectivity index (χ0) is 5.82. The minimum Gasteiger partial charge on any atom is -0.270 e. The SMILES string of the molecule is NSSC1=NCCS1. The third kappa shape index (κ3) is 1.89. The van der Waals surface area contributed by atoms with Crippen molar-refractivity contribution in [2.24, 2.45) is 10.1 Å². The maximum absolute atomic E-state index is 5.19. The van der Waals surface area contributed by atoms with Crippen molar-refractivity contribution < 1.29 is 0 Å². The van der Waals surface area contributed by atoms with Crippen LogP contribution in [0.25, 0.3) is 0 Å². The van der Waals surface area contributed by atoms with E-state index in [4.69, 9.17) is 5.14 Å². The highest BCUT2D eigenvalue weighted by atomic mass is 33.1. The van der Waals surface area contributed by atoms with Gasteiger partial charge in [0.1, 0.15) is 4.38 Å². The van der Waals surface area contributed by atoms with Crippen molar-refractivity contribution >= 4 is 37.9 Å². The van der Waals surface area contributed by atoms with Gasteiger partial charge in [-0.2, -0.15) is 0 Å². The molecule has 0 amide bonds. The molecule has 1 heterocycles. The number of hydrogen-bond acceptors (Lipinski definition) is 5. The van der Waals surface area contributed by atoms with E-state index in [1.165, 1.54) is 11.0 Å². The van der Waals surface area contributed by atoms with Crippen LogP contribution in [0, 0.1) is 0 Å². The highest BCUT2D eigenvalue weighted by molar-refractivity contribution is 8.85. The molecule has 1 aliphatic rings. The lowest BCUT2D eigenvalue weighted by Gasteiger charge is -1.89. The Balaban J connectivity index is 2.23. The van der Waals surface area contributed by atoms with Gasteiger partial charge < -0.3 is 0 Å². The summed E-state index contributed by atoms with van der Waals surface area (Å²) in [5.74, 6) is 1.13. The van der Waals surface area contributed by atoms with Crippen molar-refractivity contribution in [1.82, 2.24) is 0 Å². The molecule has 0 fully saturated rings. The molecule has 0 aromatic rings. The van der Waals surface area contributed by atoms with Crippen LogP contribution in [-0.2, 0) is 0 Å². The molecule has 8 heavy (non-hydrogen) atoms. The summed E-state index contributed by atoms with van der Waals surface area (Å²) in [5, 5.41) is 5.19. The second-order valence-corrected chi connectivity index (χ2v) is 4.34. The Bertz CT molecular complexity index is 103. The van der Waals surface area contributed by atoms with E-state index in [0.717, 1.165) is 16.7 Å². The van der Waals surface area contributed by atoms with Gasteiger partial charge in [0.15, 0.2) is 0 Å². The maximum Gasteiger partial charge on any atom is 0.136 e. The molecule has 0 aromatic heterocycles. The monoisotopic (exact) mass is 166 g/mol. The molecule has 0 saturated carbocycles. The first-order valence-electron chi connectivity index (χ1n) is 2.14.